The number of carbonyl (C=O) groups is 1. The van der Waals surface area contributed by atoms with Crippen molar-refractivity contribution in [2.24, 2.45) is 0 Å². The van der Waals surface area contributed by atoms with Crippen molar-refractivity contribution >= 4 is 22.7 Å². The molecule has 2 heterocycles. The third kappa shape index (κ3) is 5.28. The van der Waals surface area contributed by atoms with Crippen LogP contribution < -0.4 is 10.1 Å². The van der Waals surface area contributed by atoms with Crippen LogP contribution in [0.15, 0.2) is 55.1 Å². The van der Waals surface area contributed by atoms with Gasteiger partial charge in [0.1, 0.15) is 36.7 Å². The Kier molecular flexibility index (Phi) is 6.57. The van der Waals surface area contributed by atoms with Crippen LogP contribution in [0.1, 0.15) is 51.6 Å². The van der Waals surface area contributed by atoms with Crippen LogP contribution in [-0.2, 0) is 11.3 Å². The molecule has 1 fully saturated rings. The van der Waals surface area contributed by atoms with Gasteiger partial charge in [0.2, 0.25) is 0 Å². The van der Waals surface area contributed by atoms with Crippen molar-refractivity contribution in [2.75, 3.05) is 11.9 Å². The van der Waals surface area contributed by atoms with Crippen LogP contribution in [-0.4, -0.2) is 37.6 Å². The van der Waals surface area contributed by atoms with E-state index < -0.39 is 11.7 Å². The minimum atomic E-state index is -0.575. The first-order chi connectivity index (χ1) is 17.8. The standard InChI is InChI=1S/C28H30N6O3/c1-28(2,3)37-27(35)32-20-9-7-19(8-10-20)26-24(16-29)23-12-11-22(36-14-13-33-18-30-17-31-33)15-25(23)34(26)21-5-4-6-21/h7-12,15,17-18,21H,4-6,13-14H2,1-3H3,(H,32,35). The van der Waals surface area contributed by atoms with Gasteiger partial charge in [-0.2, -0.15) is 10.4 Å². The molecule has 0 radical (unpaired) electrons. The predicted molar refractivity (Wildman–Crippen MR) is 140 cm³/mol. The van der Waals surface area contributed by atoms with Crippen molar-refractivity contribution in [3.8, 4) is 23.1 Å². The highest BCUT2D eigenvalue weighted by atomic mass is 16.6. The molecular weight excluding hydrogens is 468 g/mol. The monoisotopic (exact) mass is 498 g/mol. The molecule has 9 heteroatoms. The van der Waals surface area contributed by atoms with Gasteiger partial charge in [0.05, 0.1) is 23.3 Å². The second-order valence-corrected chi connectivity index (χ2v) is 10.2. The first kappa shape index (κ1) is 24.4. The number of nitrogens with one attached hydrogen (secondary N) is 1. The molecule has 1 aliphatic carbocycles. The van der Waals surface area contributed by atoms with Crippen LogP contribution in [0, 0.1) is 11.3 Å². The lowest BCUT2D eigenvalue weighted by Crippen LogP contribution is -2.27. The zero-order valence-electron chi connectivity index (χ0n) is 21.3. The number of hydrogen-bond acceptors (Lipinski definition) is 6. The molecular formula is C28H30N6O3. The quantitative estimate of drug-likeness (QED) is 0.339. The van der Waals surface area contributed by atoms with Gasteiger partial charge in [-0.25, -0.2) is 14.5 Å². The molecule has 5 rings (SSSR count). The Morgan fingerprint density at radius 3 is 2.59 bits per heavy atom. The topological polar surface area (TPSA) is 107 Å². The Morgan fingerprint density at radius 1 is 1.19 bits per heavy atom. The minimum absolute atomic E-state index is 0.324. The van der Waals surface area contributed by atoms with Crippen LogP contribution in [0.2, 0.25) is 0 Å². The molecule has 0 atom stereocenters. The van der Waals surface area contributed by atoms with Crippen LogP contribution in [0.4, 0.5) is 10.5 Å². The van der Waals surface area contributed by atoms with Gasteiger partial charge in [-0.15, -0.1) is 0 Å². The highest BCUT2D eigenvalue weighted by Crippen LogP contribution is 2.43. The molecule has 0 bridgehead atoms. The fourth-order valence-electron chi connectivity index (χ4n) is 4.54. The summed E-state index contributed by atoms with van der Waals surface area (Å²) in [7, 11) is 0. The number of carbonyl (C=O) groups excluding carboxylic acids is 1. The fourth-order valence-corrected chi connectivity index (χ4v) is 4.54. The SMILES string of the molecule is CC(C)(C)OC(=O)Nc1ccc(-c2c(C#N)c3ccc(OCCn4cncn4)cc3n2C2CCC2)cc1. The Bertz CT molecular complexity index is 1440. The van der Waals surface area contributed by atoms with E-state index in [-0.39, 0.29) is 0 Å². The molecule has 37 heavy (non-hydrogen) atoms. The normalized spacial score (nSPS) is 13.7. The number of nitriles is 1. The average molecular weight is 499 g/mol. The zero-order chi connectivity index (χ0) is 26.0. The van der Waals surface area contributed by atoms with Crippen LogP contribution in [0.5, 0.6) is 5.75 Å². The van der Waals surface area contributed by atoms with Crippen molar-refractivity contribution in [3.63, 3.8) is 0 Å². The first-order valence-electron chi connectivity index (χ1n) is 12.5. The predicted octanol–water partition coefficient (Wildman–Crippen LogP) is 5.92. The number of amides is 1. The Labute approximate surface area is 215 Å². The van der Waals surface area contributed by atoms with E-state index in [2.05, 4.69) is 26.0 Å². The van der Waals surface area contributed by atoms with Crippen molar-refractivity contribution in [3.05, 3.63) is 60.7 Å². The Balaban J connectivity index is 1.46. The highest BCUT2D eigenvalue weighted by Gasteiger charge is 2.28. The summed E-state index contributed by atoms with van der Waals surface area (Å²) < 4.78 is 15.4. The van der Waals surface area contributed by atoms with Gasteiger partial charge in [0.25, 0.3) is 0 Å². The number of rotatable bonds is 7. The third-order valence-corrected chi connectivity index (χ3v) is 6.39. The molecule has 1 amide bonds. The molecule has 0 saturated heterocycles. The second kappa shape index (κ2) is 9.97. The maximum absolute atomic E-state index is 12.2. The van der Waals surface area contributed by atoms with Crippen molar-refractivity contribution in [2.45, 2.75) is 58.2 Å². The molecule has 2 aromatic heterocycles. The number of benzene rings is 2. The minimum Gasteiger partial charge on any atom is -0.492 e. The lowest BCUT2D eigenvalue weighted by molar-refractivity contribution is 0.0636. The van der Waals surface area contributed by atoms with E-state index in [1.54, 1.807) is 11.0 Å². The molecule has 0 spiro atoms. The van der Waals surface area contributed by atoms with E-state index in [1.807, 2.05) is 63.2 Å². The van der Waals surface area contributed by atoms with Crippen molar-refractivity contribution in [1.82, 2.24) is 19.3 Å². The Morgan fingerprint density at radius 2 is 1.97 bits per heavy atom. The van der Waals surface area contributed by atoms with Crippen LogP contribution in [0.3, 0.4) is 0 Å². The largest absolute Gasteiger partial charge is 0.492 e. The maximum Gasteiger partial charge on any atom is 0.412 e. The summed E-state index contributed by atoms with van der Waals surface area (Å²) in [4.78, 5) is 16.1. The van der Waals surface area contributed by atoms with E-state index >= 15 is 0 Å². The Hall–Kier alpha value is -4.32. The van der Waals surface area contributed by atoms with Crippen molar-refractivity contribution in [1.29, 1.82) is 5.26 Å². The summed E-state index contributed by atoms with van der Waals surface area (Å²) in [6, 6.07) is 16.2. The van der Waals surface area contributed by atoms with Gasteiger partial charge in [-0.05, 0) is 69.9 Å². The third-order valence-electron chi connectivity index (χ3n) is 6.39. The fraction of sp³-hybridized carbons (Fsp3) is 0.357. The molecule has 1 saturated carbocycles. The van der Waals surface area contributed by atoms with Gasteiger partial charge in [0.15, 0.2) is 0 Å². The van der Waals surface area contributed by atoms with E-state index in [9.17, 15) is 10.1 Å². The van der Waals surface area contributed by atoms with Gasteiger partial charge in [-0.1, -0.05) is 12.1 Å². The number of nitrogens with zero attached hydrogens (tertiary/aromatic N) is 5. The van der Waals surface area contributed by atoms with Crippen LogP contribution in [0.25, 0.3) is 22.2 Å². The maximum atomic E-state index is 12.2. The average Bonchev–Trinajstić information content (AvgIpc) is 3.43. The van der Waals surface area contributed by atoms with E-state index in [0.717, 1.165) is 40.8 Å². The number of anilines is 1. The smallest absolute Gasteiger partial charge is 0.412 e. The second-order valence-electron chi connectivity index (χ2n) is 10.2. The van der Waals surface area contributed by atoms with Gasteiger partial charge < -0.3 is 14.0 Å². The number of ether oxygens (including phenoxy) is 2. The summed E-state index contributed by atoms with van der Waals surface area (Å²) >= 11 is 0. The molecule has 1 N–H and O–H groups in total. The van der Waals surface area contributed by atoms with Crippen molar-refractivity contribution < 1.29 is 14.3 Å². The summed E-state index contributed by atoms with van der Waals surface area (Å²) in [6.07, 6.45) is 5.96. The zero-order valence-corrected chi connectivity index (χ0v) is 21.3. The molecule has 1 aliphatic rings. The van der Waals surface area contributed by atoms with Gasteiger partial charge >= 0.3 is 6.09 Å². The van der Waals surface area contributed by atoms with E-state index in [0.29, 0.717) is 30.4 Å². The molecule has 4 aromatic rings. The highest BCUT2D eigenvalue weighted by molar-refractivity contribution is 5.96. The summed E-state index contributed by atoms with van der Waals surface area (Å²) in [5, 5.41) is 18.0. The lowest BCUT2D eigenvalue weighted by atomic mass is 9.92. The molecule has 2 aromatic carbocycles. The summed E-state index contributed by atoms with van der Waals surface area (Å²) in [5.41, 5.74) is 3.50. The van der Waals surface area contributed by atoms with Crippen LogP contribution >= 0.6 is 0 Å². The summed E-state index contributed by atoms with van der Waals surface area (Å²) in [6.45, 7) is 6.53. The molecule has 9 nitrogen and oxygen atoms in total. The first-order valence-corrected chi connectivity index (χ1v) is 12.5. The lowest BCUT2D eigenvalue weighted by Gasteiger charge is -2.30. The number of hydrogen-bond donors (Lipinski definition) is 1. The van der Waals surface area contributed by atoms with Gasteiger partial charge in [-0.3, -0.25) is 5.32 Å². The number of fused-ring (bicyclic) bond motifs is 1. The van der Waals surface area contributed by atoms with E-state index in [4.69, 9.17) is 9.47 Å². The molecule has 190 valence electrons. The van der Waals surface area contributed by atoms with E-state index in [1.165, 1.54) is 12.7 Å². The molecule has 0 unspecified atom stereocenters. The summed E-state index contributed by atoms with van der Waals surface area (Å²) in [5.74, 6) is 0.749. The molecule has 0 aliphatic heterocycles. The number of aromatic nitrogens is 4. The van der Waals surface area contributed by atoms with Gasteiger partial charge in [0, 0.05) is 23.2 Å².